The van der Waals surface area contributed by atoms with Gasteiger partial charge < -0.3 is 5.32 Å². The van der Waals surface area contributed by atoms with E-state index in [0.717, 1.165) is 11.3 Å². The number of sulfonamides is 1. The maximum Gasteiger partial charge on any atom is 0.269 e. The van der Waals surface area contributed by atoms with Gasteiger partial charge in [-0.1, -0.05) is 30.3 Å². The third-order valence-corrected chi connectivity index (χ3v) is 5.71. The van der Waals surface area contributed by atoms with Crippen LogP contribution in [0.4, 0.5) is 0 Å². The van der Waals surface area contributed by atoms with Crippen molar-refractivity contribution < 1.29 is 13.2 Å². The molecule has 2 aromatic rings. The van der Waals surface area contributed by atoms with Crippen molar-refractivity contribution in [3.63, 3.8) is 0 Å². The molecule has 1 aliphatic rings. The largest absolute Gasteiger partial charge is 0.349 e. The van der Waals surface area contributed by atoms with Gasteiger partial charge in [0.05, 0.1) is 11.9 Å². The van der Waals surface area contributed by atoms with Crippen LogP contribution < -0.4 is 5.32 Å². The first-order valence-electron chi connectivity index (χ1n) is 8.50. The molecule has 26 heavy (non-hydrogen) atoms. The number of H-pyrrole nitrogens is 1. The number of carbonyl (C=O) groups excluding carboxylic acids is 1. The molecule has 8 nitrogen and oxygen atoms in total. The van der Waals surface area contributed by atoms with Gasteiger partial charge in [0.15, 0.2) is 0 Å². The Kier molecular flexibility index (Phi) is 5.70. The molecule has 0 bridgehead atoms. The molecule has 2 heterocycles. The van der Waals surface area contributed by atoms with Gasteiger partial charge in [-0.15, -0.1) is 0 Å². The number of nitrogens with one attached hydrogen (secondary N) is 2. The molecule has 9 heteroatoms. The van der Waals surface area contributed by atoms with E-state index in [0.29, 0.717) is 45.0 Å². The summed E-state index contributed by atoms with van der Waals surface area (Å²) in [7, 11) is -3.11. The molecule has 1 aliphatic heterocycles. The smallest absolute Gasteiger partial charge is 0.269 e. The number of hydrogen-bond acceptors (Lipinski definition) is 5. The Labute approximate surface area is 153 Å². The Morgan fingerprint density at radius 2 is 1.88 bits per heavy atom. The first-order valence-corrected chi connectivity index (χ1v) is 10.3. The van der Waals surface area contributed by atoms with Gasteiger partial charge in [-0.3, -0.25) is 14.8 Å². The van der Waals surface area contributed by atoms with Crippen LogP contribution in [-0.2, 0) is 10.0 Å². The molecule has 1 saturated heterocycles. The Morgan fingerprint density at radius 1 is 1.19 bits per heavy atom. The summed E-state index contributed by atoms with van der Waals surface area (Å²) in [6, 6.07) is 11.4. The zero-order chi connectivity index (χ0) is 18.6. The summed E-state index contributed by atoms with van der Waals surface area (Å²) in [5.74, 6) is -0.200. The number of hydrogen-bond donors (Lipinski definition) is 2. The van der Waals surface area contributed by atoms with Crippen LogP contribution in [0.15, 0.2) is 36.4 Å². The van der Waals surface area contributed by atoms with Crippen molar-refractivity contribution in [2.45, 2.75) is 0 Å². The number of aromatic nitrogens is 2. The molecule has 0 radical (unpaired) electrons. The van der Waals surface area contributed by atoms with Crippen LogP contribution in [0.1, 0.15) is 10.5 Å². The van der Waals surface area contributed by atoms with Crippen LogP contribution in [0.3, 0.4) is 0 Å². The van der Waals surface area contributed by atoms with Crippen molar-refractivity contribution in [2.75, 3.05) is 45.5 Å². The SMILES string of the molecule is CS(=O)(=O)N1CCN(CCNC(=O)c2cc(-c3ccccc3)n[nH]2)CC1. The number of benzene rings is 1. The van der Waals surface area contributed by atoms with E-state index >= 15 is 0 Å². The van der Waals surface area contributed by atoms with E-state index in [4.69, 9.17) is 0 Å². The second kappa shape index (κ2) is 7.98. The predicted molar refractivity (Wildman–Crippen MR) is 99.2 cm³/mol. The number of aromatic amines is 1. The Balaban J connectivity index is 1.45. The summed E-state index contributed by atoms with van der Waals surface area (Å²) in [6.45, 7) is 3.51. The third kappa shape index (κ3) is 4.69. The van der Waals surface area contributed by atoms with Gasteiger partial charge in [-0.25, -0.2) is 8.42 Å². The highest BCUT2D eigenvalue weighted by molar-refractivity contribution is 7.88. The summed E-state index contributed by atoms with van der Waals surface area (Å²) in [5, 5.41) is 9.81. The molecule has 1 aromatic heterocycles. The second-order valence-electron chi connectivity index (χ2n) is 6.29. The summed E-state index contributed by atoms with van der Waals surface area (Å²) in [6.07, 6.45) is 1.23. The van der Waals surface area contributed by atoms with Crippen LogP contribution in [0.5, 0.6) is 0 Å². The molecule has 1 fully saturated rings. The van der Waals surface area contributed by atoms with Gasteiger partial charge in [0, 0.05) is 44.8 Å². The fourth-order valence-electron chi connectivity index (χ4n) is 2.90. The van der Waals surface area contributed by atoms with Crippen molar-refractivity contribution in [3.05, 3.63) is 42.1 Å². The first-order chi connectivity index (χ1) is 12.4. The lowest BCUT2D eigenvalue weighted by Crippen LogP contribution is -2.49. The first kappa shape index (κ1) is 18.6. The Morgan fingerprint density at radius 3 is 2.54 bits per heavy atom. The van der Waals surface area contributed by atoms with Crippen LogP contribution in [0.2, 0.25) is 0 Å². The fourth-order valence-corrected chi connectivity index (χ4v) is 3.73. The molecule has 0 spiro atoms. The lowest BCUT2D eigenvalue weighted by Gasteiger charge is -2.33. The van der Waals surface area contributed by atoms with Crippen LogP contribution in [0, 0.1) is 0 Å². The van der Waals surface area contributed by atoms with Crippen molar-refractivity contribution in [1.29, 1.82) is 0 Å². The fraction of sp³-hybridized carbons (Fsp3) is 0.412. The lowest BCUT2D eigenvalue weighted by molar-refractivity contribution is 0.0940. The minimum absolute atomic E-state index is 0.200. The summed E-state index contributed by atoms with van der Waals surface area (Å²) in [4.78, 5) is 14.4. The highest BCUT2D eigenvalue weighted by Gasteiger charge is 2.23. The summed E-state index contributed by atoms with van der Waals surface area (Å²) < 4.78 is 24.5. The van der Waals surface area contributed by atoms with Gasteiger partial charge in [-0.05, 0) is 6.07 Å². The molecule has 2 N–H and O–H groups in total. The quantitative estimate of drug-likeness (QED) is 0.759. The normalized spacial score (nSPS) is 16.5. The topological polar surface area (TPSA) is 98.4 Å². The molecule has 0 unspecified atom stereocenters. The van der Waals surface area contributed by atoms with Crippen molar-refractivity contribution in [1.82, 2.24) is 24.7 Å². The molecule has 1 aromatic carbocycles. The molecular weight excluding hydrogens is 354 g/mol. The van der Waals surface area contributed by atoms with E-state index in [1.54, 1.807) is 6.07 Å². The number of piperazine rings is 1. The minimum Gasteiger partial charge on any atom is -0.349 e. The lowest BCUT2D eigenvalue weighted by atomic mass is 10.1. The highest BCUT2D eigenvalue weighted by atomic mass is 32.2. The monoisotopic (exact) mass is 377 g/mol. The molecule has 1 amide bonds. The van der Waals surface area contributed by atoms with E-state index in [2.05, 4.69) is 20.4 Å². The van der Waals surface area contributed by atoms with Crippen LogP contribution >= 0.6 is 0 Å². The average molecular weight is 377 g/mol. The Bertz CT molecular complexity index is 842. The standard InChI is InChI=1S/C17H23N5O3S/c1-26(24,25)22-11-9-21(10-12-22)8-7-18-17(23)16-13-15(19-20-16)14-5-3-2-4-6-14/h2-6,13H,7-12H2,1H3,(H,18,23)(H,19,20). The number of rotatable bonds is 6. The number of amides is 1. The van der Waals surface area contributed by atoms with E-state index in [9.17, 15) is 13.2 Å². The molecule has 0 atom stereocenters. The summed E-state index contributed by atoms with van der Waals surface area (Å²) in [5.41, 5.74) is 2.10. The van der Waals surface area contributed by atoms with Gasteiger partial charge in [0.1, 0.15) is 5.69 Å². The van der Waals surface area contributed by atoms with Gasteiger partial charge >= 0.3 is 0 Å². The van der Waals surface area contributed by atoms with E-state index in [1.807, 2.05) is 30.3 Å². The molecule has 0 aliphatic carbocycles. The maximum atomic E-state index is 12.2. The predicted octanol–water partition coefficient (Wildman–Crippen LogP) is 0.384. The van der Waals surface area contributed by atoms with Gasteiger partial charge in [-0.2, -0.15) is 9.40 Å². The zero-order valence-electron chi connectivity index (χ0n) is 14.7. The Hall–Kier alpha value is -2.23. The van der Waals surface area contributed by atoms with Crippen LogP contribution in [0.25, 0.3) is 11.3 Å². The zero-order valence-corrected chi connectivity index (χ0v) is 15.5. The minimum atomic E-state index is -3.11. The van der Waals surface area contributed by atoms with E-state index in [-0.39, 0.29) is 5.91 Å². The average Bonchev–Trinajstić information content (AvgIpc) is 3.12. The second-order valence-corrected chi connectivity index (χ2v) is 8.27. The maximum absolute atomic E-state index is 12.2. The summed E-state index contributed by atoms with van der Waals surface area (Å²) >= 11 is 0. The number of nitrogens with zero attached hydrogens (tertiary/aromatic N) is 3. The van der Waals surface area contributed by atoms with Crippen molar-refractivity contribution in [3.8, 4) is 11.3 Å². The molecule has 0 saturated carbocycles. The number of carbonyl (C=O) groups is 1. The van der Waals surface area contributed by atoms with E-state index in [1.165, 1.54) is 10.6 Å². The molecular formula is C17H23N5O3S. The third-order valence-electron chi connectivity index (χ3n) is 4.41. The van der Waals surface area contributed by atoms with E-state index < -0.39 is 10.0 Å². The van der Waals surface area contributed by atoms with Crippen molar-refractivity contribution >= 4 is 15.9 Å². The molecule has 3 rings (SSSR count). The van der Waals surface area contributed by atoms with Gasteiger partial charge in [0.2, 0.25) is 10.0 Å². The molecule has 140 valence electrons. The highest BCUT2D eigenvalue weighted by Crippen LogP contribution is 2.16. The van der Waals surface area contributed by atoms with Gasteiger partial charge in [0.25, 0.3) is 5.91 Å². The van der Waals surface area contributed by atoms with Crippen LogP contribution in [-0.4, -0.2) is 79.3 Å². The van der Waals surface area contributed by atoms with Crippen molar-refractivity contribution in [2.24, 2.45) is 0 Å².